The fourth-order valence-electron chi connectivity index (χ4n) is 2.58. The fourth-order valence-corrected chi connectivity index (χ4v) is 3.05. The highest BCUT2D eigenvalue weighted by Crippen LogP contribution is 2.12. The van der Waals surface area contributed by atoms with Crippen LogP contribution in [0, 0.1) is 6.92 Å². The normalized spacial score (nSPS) is 10.4. The number of aromatic nitrogens is 1. The van der Waals surface area contributed by atoms with Crippen LogP contribution in [-0.4, -0.2) is 11.9 Å². The molecule has 0 saturated carbocycles. The molecule has 0 saturated heterocycles. The summed E-state index contributed by atoms with van der Waals surface area (Å²) in [4.78, 5) is 25.0. The van der Waals surface area contributed by atoms with Crippen LogP contribution >= 0.6 is 22.9 Å². The van der Waals surface area contributed by atoms with Crippen LogP contribution in [0.2, 0.25) is 0 Å². The van der Waals surface area contributed by atoms with Gasteiger partial charge in [0.15, 0.2) is 5.69 Å². The Morgan fingerprint density at radius 2 is 1.32 bits per heavy atom. The van der Waals surface area contributed by atoms with Gasteiger partial charge in [0.05, 0.1) is 5.56 Å². The molecule has 0 aliphatic heterocycles. The standard InChI is InChI=1S/C22H19INO4/c1-16-12-19(21(25)27-14-17-8-4-2-5-9-17)13-20(24(16)23)22(26)28-15-18-10-6-3-7-11-18/h2-13H,14-15H2,1H3/q+1. The van der Waals surface area contributed by atoms with E-state index in [1.165, 1.54) is 6.07 Å². The second-order valence-electron chi connectivity index (χ2n) is 6.17. The van der Waals surface area contributed by atoms with Crippen LogP contribution < -0.4 is 2.78 Å². The van der Waals surface area contributed by atoms with E-state index in [0.29, 0.717) is 5.56 Å². The lowest BCUT2D eigenvalue weighted by atomic mass is 10.2. The minimum absolute atomic E-state index is 0.165. The largest absolute Gasteiger partial charge is 0.457 e. The molecule has 1 heterocycles. The quantitative estimate of drug-likeness (QED) is 0.386. The zero-order valence-electron chi connectivity index (χ0n) is 15.3. The number of hydrogen-bond acceptors (Lipinski definition) is 4. The molecule has 3 rings (SSSR count). The SMILES string of the molecule is Cc1cc(C(=O)OCc2ccccc2)cc(C(=O)OCc2ccccc2)[n+]1I. The van der Waals surface area contributed by atoms with Gasteiger partial charge in [0, 0.05) is 19.1 Å². The van der Waals surface area contributed by atoms with E-state index in [0.717, 1.165) is 16.8 Å². The van der Waals surface area contributed by atoms with Gasteiger partial charge in [-0.1, -0.05) is 60.7 Å². The molecule has 0 aliphatic rings. The van der Waals surface area contributed by atoms with Crippen molar-refractivity contribution in [2.45, 2.75) is 20.1 Å². The number of halogens is 1. The first-order chi connectivity index (χ1) is 13.5. The lowest BCUT2D eigenvalue weighted by molar-refractivity contribution is -0.453. The third-order valence-corrected chi connectivity index (χ3v) is 5.33. The Kier molecular flexibility index (Phi) is 6.76. The van der Waals surface area contributed by atoms with Crippen LogP contribution in [0.5, 0.6) is 0 Å². The molecular weight excluding hydrogens is 469 g/mol. The van der Waals surface area contributed by atoms with E-state index >= 15 is 0 Å². The summed E-state index contributed by atoms with van der Waals surface area (Å²) < 4.78 is 12.4. The summed E-state index contributed by atoms with van der Waals surface area (Å²) in [5.41, 5.74) is 3.12. The Bertz CT molecular complexity index is 975. The molecule has 142 valence electrons. The Morgan fingerprint density at radius 3 is 1.86 bits per heavy atom. The molecule has 0 spiro atoms. The van der Waals surface area contributed by atoms with Crippen molar-refractivity contribution in [2.75, 3.05) is 0 Å². The molecule has 1 aromatic heterocycles. The van der Waals surface area contributed by atoms with E-state index in [1.54, 1.807) is 8.85 Å². The van der Waals surface area contributed by atoms with Crippen LogP contribution in [0.25, 0.3) is 0 Å². The number of carbonyl (C=O) groups is 2. The van der Waals surface area contributed by atoms with Crippen molar-refractivity contribution in [3.8, 4) is 0 Å². The molecule has 0 unspecified atom stereocenters. The molecule has 2 aromatic carbocycles. The first kappa shape index (κ1) is 20.0. The number of pyridine rings is 1. The van der Waals surface area contributed by atoms with Crippen LogP contribution in [-0.2, 0) is 22.7 Å². The molecule has 0 N–H and O–H groups in total. The predicted molar refractivity (Wildman–Crippen MR) is 112 cm³/mol. The summed E-state index contributed by atoms with van der Waals surface area (Å²) in [5, 5.41) is 0. The number of esters is 2. The summed E-state index contributed by atoms with van der Waals surface area (Å²) >= 11 is 2.01. The maximum Gasteiger partial charge on any atom is 0.404 e. The minimum atomic E-state index is -0.501. The Morgan fingerprint density at radius 1 is 0.821 bits per heavy atom. The van der Waals surface area contributed by atoms with Crippen molar-refractivity contribution in [1.29, 1.82) is 0 Å². The van der Waals surface area contributed by atoms with Gasteiger partial charge in [-0.25, -0.2) is 9.59 Å². The third kappa shape index (κ3) is 5.16. The van der Waals surface area contributed by atoms with Crippen molar-refractivity contribution in [2.24, 2.45) is 0 Å². The summed E-state index contributed by atoms with van der Waals surface area (Å²) in [6.45, 7) is 2.15. The highest BCUT2D eigenvalue weighted by Gasteiger charge is 2.26. The van der Waals surface area contributed by atoms with Gasteiger partial charge in [-0.05, 0) is 11.1 Å². The molecule has 0 fully saturated rings. The topological polar surface area (TPSA) is 56.5 Å². The van der Waals surface area contributed by atoms with E-state index in [4.69, 9.17) is 9.47 Å². The molecule has 0 atom stereocenters. The first-order valence-corrected chi connectivity index (χ1v) is 9.66. The van der Waals surface area contributed by atoms with E-state index in [1.807, 2.05) is 90.5 Å². The first-order valence-electron chi connectivity index (χ1n) is 8.69. The maximum atomic E-state index is 12.5. The molecule has 0 bridgehead atoms. The number of benzene rings is 2. The lowest BCUT2D eigenvalue weighted by Crippen LogP contribution is -2.34. The Labute approximate surface area is 177 Å². The second kappa shape index (κ2) is 9.45. The van der Waals surface area contributed by atoms with Crippen molar-refractivity contribution in [3.63, 3.8) is 0 Å². The molecule has 3 aromatic rings. The highest BCUT2D eigenvalue weighted by atomic mass is 127. The number of nitrogens with zero attached hydrogens (tertiary/aromatic N) is 1. The molecule has 5 nitrogen and oxygen atoms in total. The van der Waals surface area contributed by atoms with Gasteiger partial charge in [-0.15, -0.1) is 2.78 Å². The number of hydrogen-bond donors (Lipinski definition) is 0. The van der Waals surface area contributed by atoms with Crippen molar-refractivity contribution in [3.05, 3.63) is 101 Å². The molecule has 28 heavy (non-hydrogen) atoms. The van der Waals surface area contributed by atoms with E-state index in [-0.39, 0.29) is 18.9 Å². The highest BCUT2D eigenvalue weighted by molar-refractivity contribution is 14.1. The van der Waals surface area contributed by atoms with Gasteiger partial charge in [0.1, 0.15) is 13.2 Å². The molecular formula is C22H19INO4+. The average Bonchev–Trinajstić information content (AvgIpc) is 2.73. The Hall–Kier alpha value is -2.74. The molecule has 0 amide bonds. The van der Waals surface area contributed by atoms with Crippen molar-refractivity contribution < 1.29 is 21.8 Å². The summed E-state index contributed by atoms with van der Waals surface area (Å²) in [5.74, 6) is -0.986. The Balaban J connectivity index is 1.72. The van der Waals surface area contributed by atoms with Gasteiger partial charge in [0.2, 0.25) is 0 Å². The smallest absolute Gasteiger partial charge is 0.404 e. The minimum Gasteiger partial charge on any atom is -0.457 e. The van der Waals surface area contributed by atoms with Crippen molar-refractivity contribution in [1.82, 2.24) is 0 Å². The van der Waals surface area contributed by atoms with Crippen LogP contribution in [0.1, 0.15) is 37.7 Å². The predicted octanol–water partition coefficient (Wildman–Crippen LogP) is 4.19. The molecule has 0 radical (unpaired) electrons. The number of ether oxygens (including phenoxy) is 2. The summed E-state index contributed by atoms with van der Waals surface area (Å²) in [6.07, 6.45) is 0. The third-order valence-electron chi connectivity index (χ3n) is 4.05. The number of rotatable bonds is 6. The van der Waals surface area contributed by atoms with Crippen LogP contribution in [0.4, 0.5) is 0 Å². The number of carbonyl (C=O) groups excluding carboxylic acids is 2. The second-order valence-corrected chi connectivity index (χ2v) is 7.14. The van der Waals surface area contributed by atoms with Crippen LogP contribution in [0.15, 0.2) is 72.8 Å². The van der Waals surface area contributed by atoms with E-state index in [9.17, 15) is 9.59 Å². The average molecular weight is 488 g/mol. The molecule has 0 aliphatic carbocycles. The zero-order valence-corrected chi connectivity index (χ0v) is 17.5. The van der Waals surface area contributed by atoms with Gasteiger partial charge in [-0.3, -0.25) is 0 Å². The molecule has 6 heteroatoms. The van der Waals surface area contributed by atoms with Gasteiger partial charge in [-0.2, -0.15) is 0 Å². The van der Waals surface area contributed by atoms with Gasteiger partial charge < -0.3 is 9.47 Å². The maximum absolute atomic E-state index is 12.5. The van der Waals surface area contributed by atoms with Crippen LogP contribution in [0.3, 0.4) is 0 Å². The monoisotopic (exact) mass is 488 g/mol. The van der Waals surface area contributed by atoms with Gasteiger partial charge >= 0.3 is 34.8 Å². The lowest BCUT2D eigenvalue weighted by Gasteiger charge is -2.07. The summed E-state index contributed by atoms with van der Waals surface area (Å²) in [7, 11) is 0. The fraction of sp³-hybridized carbons (Fsp3) is 0.136. The number of aryl methyl sites for hydroxylation is 1. The van der Waals surface area contributed by atoms with Gasteiger partial charge in [0.25, 0.3) is 5.69 Å². The summed E-state index contributed by atoms with van der Waals surface area (Å²) in [6, 6.07) is 22.1. The zero-order chi connectivity index (χ0) is 19.9. The van der Waals surface area contributed by atoms with E-state index in [2.05, 4.69) is 0 Å². The van der Waals surface area contributed by atoms with E-state index < -0.39 is 11.9 Å². The van der Waals surface area contributed by atoms with Crippen molar-refractivity contribution >= 4 is 34.8 Å².